The van der Waals surface area contributed by atoms with Gasteiger partial charge in [-0.15, -0.1) is 0 Å². The largest absolute Gasteiger partial charge is 0.370 e. The third kappa shape index (κ3) is 3.06. The molecule has 8 heteroatoms. The number of carbonyl (C=O) groups excluding carboxylic acids is 1. The van der Waals surface area contributed by atoms with Gasteiger partial charge in [-0.05, 0) is 30.7 Å². The zero-order chi connectivity index (χ0) is 18.4. The Morgan fingerprint density at radius 2 is 2.15 bits per heavy atom. The van der Waals surface area contributed by atoms with Gasteiger partial charge in [-0.25, -0.2) is 9.37 Å². The van der Waals surface area contributed by atoms with Crippen LogP contribution in [0.1, 0.15) is 23.6 Å². The van der Waals surface area contributed by atoms with Crippen molar-refractivity contribution in [2.45, 2.75) is 37.6 Å². The molecule has 2 bridgehead atoms. The van der Waals surface area contributed by atoms with Crippen LogP contribution < -0.4 is 5.32 Å². The average Bonchev–Trinajstić information content (AvgIpc) is 3.15. The normalized spacial score (nSPS) is 29.8. The SMILES string of the molecule is Cc1cc([C@@H]2[C@@H](C(=O)Nc3cnc(Cl)c(Cl)c3)[C@H]3O[C@H]2C[C@H]3F)ccn1. The Morgan fingerprint density at radius 1 is 1.35 bits per heavy atom. The lowest BCUT2D eigenvalue weighted by Gasteiger charge is -2.29. The number of aryl methyl sites for hydroxylation is 1. The van der Waals surface area contributed by atoms with E-state index in [9.17, 15) is 9.18 Å². The van der Waals surface area contributed by atoms with Gasteiger partial charge in [-0.3, -0.25) is 9.78 Å². The van der Waals surface area contributed by atoms with Gasteiger partial charge in [0.1, 0.15) is 17.4 Å². The van der Waals surface area contributed by atoms with Crippen LogP contribution in [0.15, 0.2) is 30.6 Å². The van der Waals surface area contributed by atoms with Gasteiger partial charge in [0.05, 0.1) is 28.9 Å². The quantitative estimate of drug-likeness (QED) is 0.799. The highest BCUT2D eigenvalue weighted by Gasteiger charge is 2.57. The number of hydrogen-bond donors (Lipinski definition) is 1. The zero-order valence-electron chi connectivity index (χ0n) is 13.8. The Balaban J connectivity index is 1.63. The number of fused-ring (bicyclic) bond motifs is 2. The molecule has 1 N–H and O–H groups in total. The highest BCUT2D eigenvalue weighted by molar-refractivity contribution is 6.41. The van der Waals surface area contributed by atoms with Crippen LogP contribution >= 0.6 is 23.2 Å². The third-order valence-corrected chi connectivity index (χ3v) is 5.65. The topological polar surface area (TPSA) is 64.1 Å². The van der Waals surface area contributed by atoms with E-state index in [4.69, 9.17) is 27.9 Å². The van der Waals surface area contributed by atoms with E-state index >= 15 is 0 Å². The molecule has 26 heavy (non-hydrogen) atoms. The molecule has 2 aromatic rings. The number of amides is 1. The predicted octanol–water partition coefficient (Wildman–Crippen LogP) is 3.94. The number of pyridine rings is 2. The number of nitrogens with one attached hydrogen (secondary N) is 1. The van der Waals surface area contributed by atoms with E-state index in [1.165, 1.54) is 12.3 Å². The summed E-state index contributed by atoms with van der Waals surface area (Å²) in [6.45, 7) is 1.88. The van der Waals surface area contributed by atoms with E-state index in [2.05, 4.69) is 15.3 Å². The lowest BCUT2D eigenvalue weighted by Crippen LogP contribution is -2.41. The summed E-state index contributed by atoms with van der Waals surface area (Å²) < 4.78 is 20.1. The lowest BCUT2D eigenvalue weighted by atomic mass is 9.74. The first-order chi connectivity index (χ1) is 12.4. The van der Waals surface area contributed by atoms with Crippen LogP contribution in [0.4, 0.5) is 10.1 Å². The third-order valence-electron chi connectivity index (χ3n) is 4.96. The fourth-order valence-electron chi connectivity index (χ4n) is 3.90. The second-order valence-electron chi connectivity index (χ2n) is 6.66. The summed E-state index contributed by atoms with van der Waals surface area (Å²) in [7, 11) is 0. The molecule has 4 heterocycles. The number of anilines is 1. The minimum Gasteiger partial charge on any atom is -0.370 e. The second-order valence-corrected chi connectivity index (χ2v) is 7.42. The molecule has 2 fully saturated rings. The molecule has 0 saturated carbocycles. The van der Waals surface area contributed by atoms with Crippen LogP contribution in [-0.4, -0.2) is 34.3 Å². The molecule has 0 radical (unpaired) electrons. The van der Waals surface area contributed by atoms with Crippen molar-refractivity contribution in [2.75, 3.05) is 5.32 Å². The number of aromatic nitrogens is 2. The maximum Gasteiger partial charge on any atom is 0.230 e. The molecule has 0 aliphatic carbocycles. The Morgan fingerprint density at radius 3 is 2.88 bits per heavy atom. The van der Waals surface area contributed by atoms with Crippen molar-refractivity contribution in [2.24, 2.45) is 5.92 Å². The highest BCUT2D eigenvalue weighted by atomic mass is 35.5. The Bertz CT molecular complexity index is 866. The number of ether oxygens (including phenoxy) is 1. The van der Waals surface area contributed by atoms with Crippen LogP contribution in [0.5, 0.6) is 0 Å². The van der Waals surface area contributed by atoms with Crippen LogP contribution in [0, 0.1) is 12.8 Å². The Hall–Kier alpha value is -1.76. The Kier molecular flexibility index (Phi) is 4.59. The molecule has 2 aliphatic rings. The van der Waals surface area contributed by atoms with Gasteiger partial charge in [-0.2, -0.15) is 0 Å². The summed E-state index contributed by atoms with van der Waals surface area (Å²) in [5.41, 5.74) is 2.19. The molecule has 136 valence electrons. The van der Waals surface area contributed by atoms with Crippen molar-refractivity contribution in [1.82, 2.24) is 9.97 Å². The van der Waals surface area contributed by atoms with Crippen molar-refractivity contribution in [3.05, 3.63) is 52.0 Å². The maximum absolute atomic E-state index is 14.3. The van der Waals surface area contributed by atoms with Crippen LogP contribution in [0.3, 0.4) is 0 Å². The molecular formula is C18H16Cl2FN3O2. The molecule has 0 aromatic carbocycles. The van der Waals surface area contributed by atoms with Crippen molar-refractivity contribution in [1.29, 1.82) is 0 Å². The molecule has 5 atom stereocenters. The highest BCUT2D eigenvalue weighted by Crippen LogP contribution is 2.50. The van der Waals surface area contributed by atoms with Gasteiger partial charge in [0, 0.05) is 24.2 Å². The van der Waals surface area contributed by atoms with Crippen molar-refractivity contribution in [3.63, 3.8) is 0 Å². The summed E-state index contributed by atoms with van der Waals surface area (Å²) in [6.07, 6.45) is 1.19. The standard InChI is InChI=1S/C18H16Cl2FN3O2/c1-8-4-9(2-3-22-8)14-13-6-12(21)16(26-13)15(14)18(25)24-10-5-11(19)17(20)23-7-10/h2-5,7,12-16H,6H2,1H3,(H,24,25)/t12-,13+,14+,15-,16+/m1/s1. The molecule has 0 spiro atoms. The van der Waals surface area contributed by atoms with Crippen molar-refractivity contribution >= 4 is 34.8 Å². The summed E-state index contributed by atoms with van der Waals surface area (Å²) >= 11 is 11.7. The van der Waals surface area contributed by atoms with E-state index in [-0.39, 0.29) is 28.1 Å². The number of nitrogens with zero attached hydrogens (tertiary/aromatic N) is 2. The van der Waals surface area contributed by atoms with Crippen molar-refractivity contribution < 1.29 is 13.9 Å². The van der Waals surface area contributed by atoms with Crippen LogP contribution in [0.25, 0.3) is 0 Å². The summed E-state index contributed by atoms with van der Waals surface area (Å²) in [4.78, 5) is 21.0. The van der Waals surface area contributed by atoms with Crippen molar-refractivity contribution in [3.8, 4) is 0 Å². The fourth-order valence-corrected chi connectivity index (χ4v) is 4.17. The average molecular weight is 396 g/mol. The van der Waals surface area contributed by atoms with E-state index < -0.39 is 18.2 Å². The number of rotatable bonds is 3. The minimum absolute atomic E-state index is 0.155. The van der Waals surface area contributed by atoms with E-state index in [1.54, 1.807) is 6.20 Å². The van der Waals surface area contributed by atoms with Gasteiger partial charge >= 0.3 is 0 Å². The smallest absolute Gasteiger partial charge is 0.230 e. The first kappa shape index (κ1) is 17.6. The van der Waals surface area contributed by atoms with E-state index in [0.29, 0.717) is 12.1 Å². The van der Waals surface area contributed by atoms with Gasteiger partial charge in [-0.1, -0.05) is 23.2 Å². The van der Waals surface area contributed by atoms with Gasteiger partial charge < -0.3 is 10.1 Å². The minimum atomic E-state index is -1.15. The molecule has 2 saturated heterocycles. The lowest BCUT2D eigenvalue weighted by molar-refractivity contribution is -0.122. The fraction of sp³-hybridized carbons (Fsp3) is 0.389. The molecule has 2 aliphatic heterocycles. The van der Waals surface area contributed by atoms with Crippen LogP contribution in [-0.2, 0) is 9.53 Å². The van der Waals surface area contributed by atoms with E-state index in [0.717, 1.165) is 11.3 Å². The molecule has 0 unspecified atom stereocenters. The number of carbonyl (C=O) groups is 1. The van der Waals surface area contributed by atoms with Gasteiger partial charge in [0.15, 0.2) is 0 Å². The summed E-state index contributed by atoms with van der Waals surface area (Å²) in [6, 6.07) is 5.29. The van der Waals surface area contributed by atoms with Gasteiger partial charge in [0.25, 0.3) is 0 Å². The second kappa shape index (κ2) is 6.76. The number of hydrogen-bond acceptors (Lipinski definition) is 4. The first-order valence-electron chi connectivity index (χ1n) is 8.28. The van der Waals surface area contributed by atoms with Crippen LogP contribution in [0.2, 0.25) is 10.2 Å². The maximum atomic E-state index is 14.3. The van der Waals surface area contributed by atoms with E-state index in [1.807, 2.05) is 19.1 Å². The molecule has 5 nitrogen and oxygen atoms in total. The predicted molar refractivity (Wildman–Crippen MR) is 96.3 cm³/mol. The molecule has 4 rings (SSSR count). The van der Waals surface area contributed by atoms with Gasteiger partial charge in [0.2, 0.25) is 5.91 Å². The molecular weight excluding hydrogens is 380 g/mol. The monoisotopic (exact) mass is 395 g/mol. The number of halogens is 3. The zero-order valence-corrected chi connectivity index (χ0v) is 15.3. The first-order valence-corrected chi connectivity index (χ1v) is 9.03. The Labute approximate surface area is 159 Å². The number of alkyl halides is 1. The molecule has 2 aromatic heterocycles. The summed E-state index contributed by atoms with van der Waals surface area (Å²) in [5.74, 6) is -1.18. The summed E-state index contributed by atoms with van der Waals surface area (Å²) in [5, 5.41) is 3.15. The molecule has 1 amide bonds.